The lowest BCUT2D eigenvalue weighted by molar-refractivity contribution is -0.154. The fourth-order valence-electron chi connectivity index (χ4n) is 4.43. The van der Waals surface area contributed by atoms with Crippen LogP contribution in [0.4, 0.5) is 10.5 Å². The number of hydrogen-bond donors (Lipinski definition) is 1. The minimum atomic E-state index is -0.892. The average Bonchev–Trinajstić information content (AvgIpc) is 3.85. The fraction of sp³-hybridized carbons (Fsp3) is 0.500. The molecule has 212 valence electrons. The molecule has 0 aliphatic heterocycles. The third kappa shape index (κ3) is 7.25. The van der Waals surface area contributed by atoms with E-state index in [1.807, 2.05) is 0 Å². The standard InChI is InChI=1S/C28H33N5O7/c1-28(2,3)40-27(35)29-23(26(34)39-25(18-6-7-18)19-8-9-19)14-17-4-11-21(12-5-17)37-16-38-33-24-15-20(31-36)10-13-22(24)30-32-33/h4-5,10-13,15,18-19,23,25H,6-9,14,16H2,1-3H3,(H,29,35)/t23-/m1/s1. The highest BCUT2D eigenvalue weighted by molar-refractivity contribution is 5.82. The number of aromatic nitrogens is 3. The molecule has 2 aliphatic rings. The van der Waals surface area contributed by atoms with Crippen molar-refractivity contribution in [1.29, 1.82) is 0 Å². The number of nitrogens with zero attached hydrogens (tertiary/aromatic N) is 4. The van der Waals surface area contributed by atoms with Gasteiger partial charge in [0.1, 0.15) is 40.2 Å². The number of fused-ring (bicyclic) bond motifs is 1. The third-order valence-electron chi connectivity index (χ3n) is 6.67. The van der Waals surface area contributed by atoms with E-state index >= 15 is 0 Å². The molecule has 1 heterocycles. The van der Waals surface area contributed by atoms with Crippen LogP contribution in [-0.2, 0) is 20.7 Å². The highest BCUT2D eigenvalue weighted by Crippen LogP contribution is 2.46. The van der Waals surface area contributed by atoms with Crippen LogP contribution >= 0.6 is 0 Å². The summed E-state index contributed by atoms with van der Waals surface area (Å²) in [5, 5.41) is 13.5. The van der Waals surface area contributed by atoms with Crippen LogP contribution < -0.4 is 14.9 Å². The molecule has 12 heteroatoms. The smallest absolute Gasteiger partial charge is 0.408 e. The SMILES string of the molecule is CC(C)(C)OC(=O)N[C@H](Cc1ccc(OCOn2nnc3ccc(N=O)cc32)cc1)C(=O)OC(C1CC1)C1CC1. The maximum absolute atomic E-state index is 13.2. The monoisotopic (exact) mass is 551 g/mol. The van der Waals surface area contributed by atoms with Crippen molar-refractivity contribution in [2.75, 3.05) is 6.79 Å². The molecule has 2 fully saturated rings. The summed E-state index contributed by atoms with van der Waals surface area (Å²) in [6.45, 7) is 5.13. The first-order chi connectivity index (χ1) is 19.2. The number of carbonyl (C=O) groups is 2. The van der Waals surface area contributed by atoms with Gasteiger partial charge in [-0.3, -0.25) is 0 Å². The Labute approximate surface area is 231 Å². The first-order valence-electron chi connectivity index (χ1n) is 13.4. The van der Waals surface area contributed by atoms with Crippen molar-refractivity contribution in [3.63, 3.8) is 0 Å². The molecule has 5 rings (SSSR count). The Bertz CT molecular complexity index is 1350. The zero-order chi connectivity index (χ0) is 28.3. The van der Waals surface area contributed by atoms with Crippen molar-refractivity contribution in [3.05, 3.63) is 52.9 Å². The highest BCUT2D eigenvalue weighted by atomic mass is 16.8. The largest absolute Gasteiger partial charge is 0.460 e. The summed E-state index contributed by atoms with van der Waals surface area (Å²) in [5.41, 5.74) is 1.37. The molecular formula is C28H33N5O7. The van der Waals surface area contributed by atoms with Crippen molar-refractivity contribution < 1.29 is 28.6 Å². The Balaban J connectivity index is 1.19. The summed E-state index contributed by atoms with van der Waals surface area (Å²) in [6.07, 6.45) is 3.80. The molecule has 0 bridgehead atoms. The Morgan fingerprint density at radius 3 is 2.40 bits per heavy atom. The van der Waals surface area contributed by atoms with Gasteiger partial charge in [0, 0.05) is 6.42 Å². The summed E-state index contributed by atoms with van der Waals surface area (Å²) in [5.74, 6) is 0.926. The Morgan fingerprint density at radius 2 is 1.77 bits per heavy atom. The zero-order valence-corrected chi connectivity index (χ0v) is 22.7. The van der Waals surface area contributed by atoms with E-state index < -0.39 is 23.7 Å². The second-order valence-electron chi connectivity index (χ2n) is 11.2. The number of esters is 1. The molecule has 0 radical (unpaired) electrons. The van der Waals surface area contributed by atoms with Gasteiger partial charge in [0.25, 0.3) is 6.79 Å². The van der Waals surface area contributed by atoms with E-state index in [9.17, 15) is 14.5 Å². The summed E-state index contributed by atoms with van der Waals surface area (Å²) in [4.78, 5) is 43.2. The first kappa shape index (κ1) is 27.4. The number of amides is 1. The second-order valence-corrected chi connectivity index (χ2v) is 11.2. The number of ether oxygens (including phenoxy) is 3. The molecule has 0 saturated heterocycles. The quantitative estimate of drug-likeness (QED) is 0.196. The van der Waals surface area contributed by atoms with E-state index in [4.69, 9.17) is 19.0 Å². The number of nitroso groups, excluding NO2 is 1. The number of nitrogens with one attached hydrogen (secondary N) is 1. The van der Waals surface area contributed by atoms with Gasteiger partial charge >= 0.3 is 12.1 Å². The van der Waals surface area contributed by atoms with E-state index in [2.05, 4.69) is 20.8 Å². The molecule has 1 N–H and O–H groups in total. The normalized spacial score (nSPS) is 15.9. The van der Waals surface area contributed by atoms with Crippen molar-refractivity contribution in [2.45, 2.75) is 70.6 Å². The van der Waals surface area contributed by atoms with E-state index in [-0.39, 0.29) is 25.0 Å². The highest BCUT2D eigenvalue weighted by Gasteiger charge is 2.45. The Kier molecular flexibility index (Phi) is 7.85. The van der Waals surface area contributed by atoms with Crippen LogP contribution in [0, 0.1) is 16.7 Å². The molecule has 2 aromatic carbocycles. The molecule has 2 aliphatic carbocycles. The van der Waals surface area contributed by atoms with Crippen molar-refractivity contribution in [2.24, 2.45) is 17.0 Å². The molecule has 40 heavy (non-hydrogen) atoms. The molecule has 0 spiro atoms. The average molecular weight is 552 g/mol. The summed E-state index contributed by atoms with van der Waals surface area (Å²) in [7, 11) is 0. The number of benzene rings is 2. The van der Waals surface area contributed by atoms with Gasteiger partial charge in [-0.15, -0.1) is 10.0 Å². The molecule has 3 aromatic rings. The van der Waals surface area contributed by atoms with Gasteiger partial charge in [0.2, 0.25) is 0 Å². The van der Waals surface area contributed by atoms with Gasteiger partial charge in [-0.05, 0) is 105 Å². The zero-order valence-electron chi connectivity index (χ0n) is 22.7. The summed E-state index contributed by atoms with van der Waals surface area (Å²) in [6, 6.07) is 10.9. The summed E-state index contributed by atoms with van der Waals surface area (Å²) < 4.78 is 17.0. The fourth-order valence-corrected chi connectivity index (χ4v) is 4.43. The van der Waals surface area contributed by atoms with Gasteiger partial charge in [-0.1, -0.05) is 17.0 Å². The minimum Gasteiger partial charge on any atom is -0.460 e. The lowest BCUT2D eigenvalue weighted by Crippen LogP contribution is -2.46. The van der Waals surface area contributed by atoms with Crippen LogP contribution in [0.1, 0.15) is 52.0 Å². The second kappa shape index (κ2) is 11.5. The first-order valence-corrected chi connectivity index (χ1v) is 13.4. The predicted octanol–water partition coefficient (Wildman–Crippen LogP) is 4.46. The number of hydrogen-bond acceptors (Lipinski definition) is 10. The van der Waals surface area contributed by atoms with E-state index in [1.165, 1.54) is 12.1 Å². The van der Waals surface area contributed by atoms with Gasteiger partial charge < -0.3 is 24.4 Å². The lowest BCUT2D eigenvalue weighted by atomic mass is 10.1. The van der Waals surface area contributed by atoms with Crippen LogP contribution in [0.15, 0.2) is 47.6 Å². The molecule has 1 atom stereocenters. The van der Waals surface area contributed by atoms with Crippen molar-refractivity contribution in [1.82, 2.24) is 20.5 Å². The maximum atomic E-state index is 13.2. The van der Waals surface area contributed by atoms with Crippen LogP contribution in [0.5, 0.6) is 5.75 Å². The van der Waals surface area contributed by atoms with Gasteiger partial charge in [-0.2, -0.15) is 0 Å². The molecule has 1 amide bonds. The Hall–Kier alpha value is -4.22. The minimum absolute atomic E-state index is 0.0744. The number of alkyl carbamates (subject to hydrolysis) is 1. The van der Waals surface area contributed by atoms with Gasteiger partial charge in [-0.25, -0.2) is 9.59 Å². The summed E-state index contributed by atoms with van der Waals surface area (Å²) >= 11 is 0. The van der Waals surface area contributed by atoms with Crippen molar-refractivity contribution >= 4 is 28.8 Å². The van der Waals surface area contributed by atoms with Gasteiger partial charge in [0.05, 0.1) is 0 Å². The number of carbonyl (C=O) groups excluding carboxylic acids is 2. The van der Waals surface area contributed by atoms with Crippen LogP contribution in [-0.4, -0.2) is 51.8 Å². The van der Waals surface area contributed by atoms with E-state index in [0.717, 1.165) is 36.1 Å². The van der Waals surface area contributed by atoms with Crippen LogP contribution in [0.2, 0.25) is 0 Å². The molecule has 0 unspecified atom stereocenters. The maximum Gasteiger partial charge on any atom is 0.408 e. The molecule has 12 nitrogen and oxygen atoms in total. The predicted molar refractivity (Wildman–Crippen MR) is 144 cm³/mol. The van der Waals surface area contributed by atoms with Crippen molar-refractivity contribution in [3.8, 4) is 5.75 Å². The Morgan fingerprint density at radius 1 is 1.07 bits per heavy atom. The topological polar surface area (TPSA) is 143 Å². The van der Waals surface area contributed by atoms with Crippen LogP contribution in [0.3, 0.4) is 0 Å². The van der Waals surface area contributed by atoms with Gasteiger partial charge in [0.15, 0.2) is 0 Å². The molecule has 2 saturated carbocycles. The van der Waals surface area contributed by atoms with E-state index in [1.54, 1.807) is 51.1 Å². The lowest BCUT2D eigenvalue weighted by Gasteiger charge is -2.25. The molecular weight excluding hydrogens is 518 g/mol. The van der Waals surface area contributed by atoms with Crippen LogP contribution in [0.25, 0.3) is 11.0 Å². The van der Waals surface area contributed by atoms with E-state index in [0.29, 0.717) is 28.6 Å². The third-order valence-corrected chi connectivity index (χ3v) is 6.67. The number of rotatable bonds is 12. The molecule has 1 aromatic heterocycles.